The molecule has 0 spiro atoms. The van der Waals surface area contributed by atoms with Crippen LogP contribution in [0.1, 0.15) is 18.5 Å². The van der Waals surface area contributed by atoms with Crippen molar-refractivity contribution in [3.05, 3.63) is 70.3 Å². The molecule has 6 nitrogen and oxygen atoms in total. The zero-order valence-electron chi connectivity index (χ0n) is 12.8. The molecule has 2 aromatic carbocycles. The molecule has 0 saturated carbocycles. The summed E-state index contributed by atoms with van der Waals surface area (Å²) in [5.41, 5.74) is 0.936. The third kappa shape index (κ3) is 4.89. The summed E-state index contributed by atoms with van der Waals surface area (Å²) in [4.78, 5) is 22.2. The number of hydrogen-bond acceptors (Lipinski definition) is 5. The number of hydrogen-bond donors (Lipinski definition) is 1. The summed E-state index contributed by atoms with van der Waals surface area (Å²) in [5.74, 6) is -0.0760. The van der Waals surface area contributed by atoms with Crippen LogP contribution >= 0.6 is 0 Å². The van der Waals surface area contributed by atoms with Gasteiger partial charge >= 0.3 is 5.69 Å². The van der Waals surface area contributed by atoms with E-state index in [2.05, 4.69) is 5.32 Å². The molecule has 0 unspecified atom stereocenters. The van der Waals surface area contributed by atoms with Gasteiger partial charge in [0.2, 0.25) is 0 Å². The van der Waals surface area contributed by atoms with Crippen molar-refractivity contribution in [3.8, 4) is 5.75 Å². The number of nitrogens with zero attached hydrogens (tertiary/aromatic N) is 1. The van der Waals surface area contributed by atoms with Crippen LogP contribution in [0.2, 0.25) is 0 Å². The van der Waals surface area contributed by atoms with Crippen molar-refractivity contribution in [3.63, 3.8) is 0 Å². The number of rotatable bonds is 8. The van der Waals surface area contributed by atoms with Crippen LogP contribution in [0.15, 0.2) is 54.6 Å². The van der Waals surface area contributed by atoms with Gasteiger partial charge in [-0.15, -0.1) is 0 Å². The maximum atomic E-state index is 11.9. The van der Waals surface area contributed by atoms with Crippen LogP contribution in [0, 0.1) is 10.1 Å². The number of ketones is 1. The number of nitro benzene ring substituents is 1. The van der Waals surface area contributed by atoms with Crippen molar-refractivity contribution >= 4 is 11.5 Å². The molecular formula is C17H18N2O4. The fraction of sp³-hybridized carbons (Fsp3) is 0.235. The number of carbonyl (C=O) groups excluding carboxylic acids is 1. The van der Waals surface area contributed by atoms with Crippen LogP contribution < -0.4 is 10.1 Å². The van der Waals surface area contributed by atoms with Gasteiger partial charge in [-0.1, -0.05) is 42.5 Å². The van der Waals surface area contributed by atoms with Crippen LogP contribution in [-0.4, -0.2) is 23.9 Å². The number of carbonyl (C=O) groups is 1. The molecule has 0 aliphatic heterocycles. The number of benzene rings is 2. The minimum atomic E-state index is -0.532. The fourth-order valence-electron chi connectivity index (χ4n) is 2.07. The Kier molecular flexibility index (Phi) is 5.82. The maximum absolute atomic E-state index is 11.9. The Labute approximate surface area is 134 Å². The molecule has 2 aromatic rings. The highest BCUT2D eigenvalue weighted by molar-refractivity contribution is 5.82. The lowest BCUT2D eigenvalue weighted by atomic mass is 10.1. The summed E-state index contributed by atoms with van der Waals surface area (Å²) in [5, 5.41) is 14.0. The third-order valence-electron chi connectivity index (χ3n) is 3.36. The lowest BCUT2D eigenvalue weighted by molar-refractivity contribution is -0.385. The molecule has 0 aromatic heterocycles. The van der Waals surface area contributed by atoms with Crippen molar-refractivity contribution in [2.24, 2.45) is 0 Å². The zero-order chi connectivity index (χ0) is 16.7. The maximum Gasteiger partial charge on any atom is 0.310 e. The molecule has 0 heterocycles. The predicted molar refractivity (Wildman–Crippen MR) is 86.5 cm³/mol. The van der Waals surface area contributed by atoms with E-state index < -0.39 is 4.92 Å². The average molecular weight is 314 g/mol. The van der Waals surface area contributed by atoms with Crippen molar-refractivity contribution in [2.75, 3.05) is 13.2 Å². The van der Waals surface area contributed by atoms with E-state index in [-0.39, 0.29) is 36.4 Å². The van der Waals surface area contributed by atoms with Crippen LogP contribution in [0.5, 0.6) is 5.75 Å². The minimum Gasteiger partial charge on any atom is -0.479 e. The second-order valence-corrected chi connectivity index (χ2v) is 5.07. The molecule has 0 bridgehead atoms. The van der Waals surface area contributed by atoms with Crippen LogP contribution in [0.3, 0.4) is 0 Å². The van der Waals surface area contributed by atoms with E-state index in [0.717, 1.165) is 5.56 Å². The molecule has 1 atom stereocenters. The molecule has 1 N–H and O–H groups in total. The minimum absolute atomic E-state index is 0.0335. The number of para-hydroxylation sites is 2. The Balaban J connectivity index is 1.83. The molecule has 23 heavy (non-hydrogen) atoms. The van der Waals surface area contributed by atoms with Gasteiger partial charge in [-0.3, -0.25) is 14.9 Å². The van der Waals surface area contributed by atoms with E-state index in [4.69, 9.17) is 4.74 Å². The standard InChI is InChI=1S/C17H18N2O4/c1-13(14-7-3-2-4-8-14)18-11-15(20)12-23-17-10-6-5-9-16(17)19(21)22/h2-10,13,18H,11-12H2,1H3/t13-/m1/s1. The van der Waals surface area contributed by atoms with E-state index in [1.165, 1.54) is 12.1 Å². The summed E-state index contributed by atoms with van der Waals surface area (Å²) in [7, 11) is 0. The smallest absolute Gasteiger partial charge is 0.310 e. The average Bonchev–Trinajstić information content (AvgIpc) is 2.58. The zero-order valence-corrected chi connectivity index (χ0v) is 12.8. The molecule has 0 radical (unpaired) electrons. The molecule has 6 heteroatoms. The molecular weight excluding hydrogens is 296 g/mol. The van der Waals surface area contributed by atoms with Gasteiger partial charge in [-0.2, -0.15) is 0 Å². The Bertz CT molecular complexity index is 673. The number of Topliss-reactive ketones (excluding diaryl/α,β-unsaturated/α-hetero) is 1. The first kappa shape index (κ1) is 16.6. The van der Waals surface area contributed by atoms with Crippen molar-refractivity contribution in [2.45, 2.75) is 13.0 Å². The predicted octanol–water partition coefficient (Wildman–Crippen LogP) is 2.89. The molecule has 0 saturated heterocycles. The summed E-state index contributed by atoms with van der Waals surface area (Å²) in [6.45, 7) is 1.89. The fourth-order valence-corrected chi connectivity index (χ4v) is 2.07. The van der Waals surface area contributed by atoms with Gasteiger partial charge in [0.05, 0.1) is 11.5 Å². The van der Waals surface area contributed by atoms with Gasteiger partial charge < -0.3 is 10.1 Å². The second kappa shape index (κ2) is 8.05. The summed E-state index contributed by atoms with van der Waals surface area (Å²) in [6, 6.07) is 15.8. The van der Waals surface area contributed by atoms with Crippen molar-refractivity contribution in [1.29, 1.82) is 0 Å². The lowest BCUT2D eigenvalue weighted by Crippen LogP contribution is -2.29. The highest BCUT2D eigenvalue weighted by atomic mass is 16.6. The first-order chi connectivity index (χ1) is 11.1. The van der Waals surface area contributed by atoms with E-state index in [9.17, 15) is 14.9 Å². The molecule has 120 valence electrons. The molecule has 0 aliphatic rings. The van der Waals surface area contributed by atoms with Gasteiger partial charge in [0, 0.05) is 12.1 Å². The van der Waals surface area contributed by atoms with Gasteiger partial charge in [0.1, 0.15) is 6.61 Å². The molecule has 0 fully saturated rings. The summed E-state index contributed by atoms with van der Waals surface area (Å²) in [6.07, 6.45) is 0. The van der Waals surface area contributed by atoms with E-state index >= 15 is 0 Å². The normalized spacial score (nSPS) is 11.7. The van der Waals surface area contributed by atoms with Gasteiger partial charge in [0.25, 0.3) is 0 Å². The topological polar surface area (TPSA) is 81.5 Å². The number of ether oxygens (including phenoxy) is 1. The Morgan fingerprint density at radius 3 is 2.52 bits per heavy atom. The van der Waals surface area contributed by atoms with Crippen LogP contribution in [-0.2, 0) is 4.79 Å². The molecule has 0 aliphatic carbocycles. The van der Waals surface area contributed by atoms with Gasteiger partial charge in [-0.25, -0.2) is 0 Å². The van der Waals surface area contributed by atoms with E-state index in [1.54, 1.807) is 12.1 Å². The lowest BCUT2D eigenvalue weighted by Gasteiger charge is -2.13. The first-order valence-corrected chi connectivity index (χ1v) is 7.24. The van der Waals surface area contributed by atoms with E-state index in [0.29, 0.717) is 0 Å². The van der Waals surface area contributed by atoms with Crippen LogP contribution in [0.25, 0.3) is 0 Å². The van der Waals surface area contributed by atoms with Crippen molar-refractivity contribution < 1.29 is 14.5 Å². The Morgan fingerprint density at radius 2 is 1.83 bits per heavy atom. The quantitative estimate of drug-likeness (QED) is 0.598. The summed E-state index contributed by atoms with van der Waals surface area (Å²) < 4.78 is 5.27. The Morgan fingerprint density at radius 1 is 1.17 bits per heavy atom. The van der Waals surface area contributed by atoms with E-state index in [1.807, 2.05) is 37.3 Å². The third-order valence-corrected chi connectivity index (χ3v) is 3.36. The van der Waals surface area contributed by atoms with Gasteiger partial charge in [-0.05, 0) is 18.6 Å². The molecule has 0 amide bonds. The largest absolute Gasteiger partial charge is 0.479 e. The monoisotopic (exact) mass is 314 g/mol. The SMILES string of the molecule is C[C@@H](NCC(=O)COc1ccccc1[N+](=O)[O-])c1ccccc1. The highest BCUT2D eigenvalue weighted by Crippen LogP contribution is 2.25. The number of nitrogens with one attached hydrogen (secondary N) is 1. The van der Waals surface area contributed by atoms with Gasteiger partial charge in [0.15, 0.2) is 11.5 Å². The highest BCUT2D eigenvalue weighted by Gasteiger charge is 2.15. The Hall–Kier alpha value is -2.73. The van der Waals surface area contributed by atoms with Crippen LogP contribution in [0.4, 0.5) is 5.69 Å². The second-order valence-electron chi connectivity index (χ2n) is 5.07. The number of nitro groups is 1. The summed E-state index contributed by atoms with van der Waals surface area (Å²) >= 11 is 0. The molecule has 2 rings (SSSR count). The first-order valence-electron chi connectivity index (χ1n) is 7.24. The van der Waals surface area contributed by atoms with Crippen molar-refractivity contribution in [1.82, 2.24) is 5.32 Å².